The van der Waals surface area contributed by atoms with Crippen LogP contribution in [0.5, 0.6) is 5.75 Å². The number of carbonyl (C=O) groups excluding carboxylic acids is 5. The van der Waals surface area contributed by atoms with Gasteiger partial charge in [0, 0.05) is 42.4 Å². The van der Waals surface area contributed by atoms with Crippen molar-refractivity contribution in [2.24, 2.45) is 5.73 Å². The molecule has 1 aromatic rings. The van der Waals surface area contributed by atoms with Gasteiger partial charge < -0.3 is 47.8 Å². The highest BCUT2D eigenvalue weighted by molar-refractivity contribution is 14.1. The van der Waals surface area contributed by atoms with Gasteiger partial charge in [-0.3, -0.25) is 37.7 Å². The summed E-state index contributed by atoms with van der Waals surface area (Å²) in [5.74, 6) is -5.67. The van der Waals surface area contributed by atoms with Crippen LogP contribution >= 0.6 is 22.9 Å². The lowest BCUT2D eigenvalue weighted by Gasteiger charge is -2.26. The molecule has 17 nitrogen and oxygen atoms in total. The second kappa shape index (κ2) is 19.2. The second-order valence-corrected chi connectivity index (χ2v) is 11.1. The van der Waals surface area contributed by atoms with Gasteiger partial charge in [-0.05, 0) is 49.8 Å². The average Bonchev–Trinajstić information content (AvgIpc) is 2.98. The molecule has 1 aliphatic heterocycles. The molecule has 4 atom stereocenters. The van der Waals surface area contributed by atoms with Gasteiger partial charge in [0.1, 0.15) is 29.9 Å². The number of carboxylic acid groups (broad SMARTS) is 1. The van der Waals surface area contributed by atoms with Crippen LogP contribution in [0.3, 0.4) is 0 Å². The van der Waals surface area contributed by atoms with Crippen molar-refractivity contribution in [1.29, 1.82) is 5.41 Å². The number of guanidine groups is 1. The first-order chi connectivity index (χ1) is 21.4. The zero-order chi connectivity index (χ0) is 33.4. The smallest absolute Gasteiger partial charge is 0.305 e. The van der Waals surface area contributed by atoms with Crippen LogP contribution in [0.4, 0.5) is 0 Å². The van der Waals surface area contributed by atoms with Crippen molar-refractivity contribution in [2.45, 2.75) is 69.1 Å². The second-order valence-electron chi connectivity index (χ2n) is 10.4. The normalized spacial score (nSPS) is 21.6. The Bertz CT molecular complexity index is 1220. The van der Waals surface area contributed by atoms with Gasteiger partial charge in [0.2, 0.25) is 29.5 Å². The predicted octanol–water partition coefficient (Wildman–Crippen LogP) is -2.15. The third kappa shape index (κ3) is 14.0. The van der Waals surface area contributed by atoms with Gasteiger partial charge in [-0.2, -0.15) is 0 Å². The third-order valence-corrected chi connectivity index (χ3v) is 7.27. The number of nitrogens with two attached hydrogens (primary N) is 1. The van der Waals surface area contributed by atoms with E-state index >= 15 is 0 Å². The van der Waals surface area contributed by atoms with E-state index in [9.17, 15) is 39.0 Å². The Labute approximate surface area is 273 Å². The molecule has 5 amide bonds. The van der Waals surface area contributed by atoms with Crippen LogP contribution in [-0.4, -0.2) is 95.5 Å². The SMILES string of the molecule is N=C(N)NCCC[C@H]1NC(=O)CNC(=O)[C@@H](CC(=O)O)NC(=O)[C@H](Cc2ccc(O)cc2)NC(=O)C(CCCCNI)NC1=O. The maximum Gasteiger partial charge on any atom is 0.305 e. The maximum absolute atomic E-state index is 13.6. The van der Waals surface area contributed by atoms with Crippen molar-refractivity contribution in [3.05, 3.63) is 29.8 Å². The van der Waals surface area contributed by atoms with Crippen LogP contribution in [0.15, 0.2) is 24.3 Å². The molecule has 0 spiro atoms. The molecule has 1 unspecified atom stereocenters. The lowest BCUT2D eigenvalue weighted by Crippen LogP contribution is -2.58. The molecule has 1 fully saturated rings. The zero-order valence-corrected chi connectivity index (χ0v) is 26.6. The molecule has 1 aliphatic rings. The van der Waals surface area contributed by atoms with E-state index in [4.69, 9.17) is 11.1 Å². The highest BCUT2D eigenvalue weighted by Crippen LogP contribution is 2.13. The van der Waals surface area contributed by atoms with Crippen molar-refractivity contribution in [2.75, 3.05) is 19.6 Å². The molecular formula is C27H40IN9O8. The molecule has 0 radical (unpaired) electrons. The fourth-order valence-electron chi connectivity index (χ4n) is 4.42. The summed E-state index contributed by atoms with van der Waals surface area (Å²) < 4.78 is 2.97. The van der Waals surface area contributed by atoms with Crippen LogP contribution in [0, 0.1) is 5.41 Å². The molecule has 45 heavy (non-hydrogen) atoms. The minimum absolute atomic E-state index is 0.0222. The number of nitrogens with one attached hydrogen (secondary N) is 8. The van der Waals surface area contributed by atoms with Crippen molar-refractivity contribution in [3.8, 4) is 5.75 Å². The third-order valence-electron chi connectivity index (χ3n) is 6.73. The highest BCUT2D eigenvalue weighted by atomic mass is 127. The predicted molar refractivity (Wildman–Crippen MR) is 170 cm³/mol. The molecule has 1 aromatic carbocycles. The number of aromatic hydroxyl groups is 1. The van der Waals surface area contributed by atoms with Gasteiger partial charge in [0.25, 0.3) is 0 Å². The molecule has 0 aliphatic carbocycles. The van der Waals surface area contributed by atoms with E-state index in [2.05, 4.69) is 35.4 Å². The summed E-state index contributed by atoms with van der Waals surface area (Å²) in [6, 6.07) is 0.705. The monoisotopic (exact) mass is 745 g/mol. The Morgan fingerprint density at radius 3 is 2.04 bits per heavy atom. The van der Waals surface area contributed by atoms with Crippen molar-refractivity contribution in [3.63, 3.8) is 0 Å². The largest absolute Gasteiger partial charge is 0.508 e. The summed E-state index contributed by atoms with van der Waals surface area (Å²) >= 11 is 1.99. The number of unbranched alkanes of at least 4 members (excludes halogenated alkanes) is 1. The summed E-state index contributed by atoms with van der Waals surface area (Å²) in [5.41, 5.74) is 5.84. The van der Waals surface area contributed by atoms with E-state index in [1.54, 1.807) is 0 Å². The van der Waals surface area contributed by atoms with E-state index in [0.717, 1.165) is 0 Å². The number of rotatable bonds is 13. The summed E-state index contributed by atoms with van der Waals surface area (Å²) in [6.45, 7) is 0.242. The molecule has 1 heterocycles. The Morgan fingerprint density at radius 1 is 0.844 bits per heavy atom. The first kappa shape index (κ1) is 37.0. The number of carboxylic acids is 1. The number of carbonyl (C=O) groups is 6. The van der Waals surface area contributed by atoms with Crippen LogP contribution in [0.25, 0.3) is 0 Å². The number of aliphatic carboxylic acids is 1. The summed E-state index contributed by atoms with van der Waals surface area (Å²) in [4.78, 5) is 77.6. The summed E-state index contributed by atoms with van der Waals surface area (Å²) in [5, 5.41) is 41.4. The first-order valence-corrected chi connectivity index (χ1v) is 15.4. The number of phenolic OH excluding ortho intramolecular Hbond substituents is 1. The van der Waals surface area contributed by atoms with Gasteiger partial charge in [-0.25, -0.2) is 0 Å². The zero-order valence-electron chi connectivity index (χ0n) is 24.5. The molecule has 18 heteroatoms. The number of benzene rings is 1. The summed E-state index contributed by atoms with van der Waals surface area (Å²) in [7, 11) is 0. The van der Waals surface area contributed by atoms with E-state index in [-0.39, 0.29) is 37.5 Å². The molecular weight excluding hydrogens is 705 g/mol. The molecule has 1 saturated heterocycles. The van der Waals surface area contributed by atoms with Crippen LogP contribution in [0.2, 0.25) is 0 Å². The van der Waals surface area contributed by atoms with E-state index in [0.29, 0.717) is 31.4 Å². The number of amides is 5. The van der Waals surface area contributed by atoms with Crippen molar-refractivity contribution < 1.29 is 39.0 Å². The number of hydrogen-bond acceptors (Lipinski definition) is 9. The molecule has 0 saturated carbocycles. The van der Waals surface area contributed by atoms with Crippen LogP contribution in [-0.2, 0) is 35.2 Å². The van der Waals surface area contributed by atoms with Gasteiger partial charge in [-0.15, -0.1) is 0 Å². The van der Waals surface area contributed by atoms with Crippen LogP contribution < -0.4 is 41.2 Å². The van der Waals surface area contributed by atoms with E-state index < -0.39 is 72.6 Å². The number of hydrogen-bond donors (Lipinski definition) is 11. The van der Waals surface area contributed by atoms with Gasteiger partial charge in [-0.1, -0.05) is 12.1 Å². The van der Waals surface area contributed by atoms with Gasteiger partial charge in [0.15, 0.2) is 5.96 Å². The molecule has 12 N–H and O–H groups in total. The number of phenols is 1. The van der Waals surface area contributed by atoms with Gasteiger partial charge in [0.05, 0.1) is 13.0 Å². The van der Waals surface area contributed by atoms with Crippen molar-refractivity contribution >= 4 is 64.3 Å². The Balaban J connectivity index is 2.44. The average molecular weight is 746 g/mol. The number of halogens is 1. The fraction of sp³-hybridized carbons (Fsp3) is 0.519. The molecule has 0 bridgehead atoms. The first-order valence-electron chi connectivity index (χ1n) is 14.3. The van der Waals surface area contributed by atoms with Crippen LogP contribution in [0.1, 0.15) is 44.1 Å². The minimum atomic E-state index is -1.59. The quantitative estimate of drug-likeness (QED) is 0.0341. The van der Waals surface area contributed by atoms with Crippen molar-refractivity contribution in [1.82, 2.24) is 35.4 Å². The minimum Gasteiger partial charge on any atom is -0.508 e. The van der Waals surface area contributed by atoms with Gasteiger partial charge >= 0.3 is 5.97 Å². The Kier molecular flexibility index (Phi) is 15.8. The topological polar surface area (TPSA) is 277 Å². The standard InChI is InChI=1S/C27H40IN9O8/c28-33-11-2-1-4-18-25(44)36-19(12-15-6-8-16(38)9-7-15)26(45)37-20(13-22(40)41)23(42)32-14-21(39)34-17(24(43)35-18)5-3-10-31-27(29)30/h6-9,17-20,33,38H,1-5,10-14H2,(H,32,42)(H,34,39)(H,35,43)(H,36,44)(H,37,45)(H,40,41)(H4,29,30,31)/t17-,18?,19+,20-/m1/s1. The molecule has 2 rings (SSSR count). The fourth-order valence-corrected chi connectivity index (χ4v) is 4.80. The summed E-state index contributed by atoms with van der Waals surface area (Å²) in [6.07, 6.45) is 0.865. The molecule has 0 aromatic heterocycles. The Hall–Kier alpha value is -4.20. The Morgan fingerprint density at radius 2 is 1.42 bits per heavy atom. The van der Waals surface area contributed by atoms with E-state index in [1.807, 2.05) is 22.9 Å². The molecule has 248 valence electrons. The maximum atomic E-state index is 13.6. The highest BCUT2D eigenvalue weighted by Gasteiger charge is 2.33. The lowest BCUT2D eigenvalue weighted by atomic mass is 10.0. The van der Waals surface area contributed by atoms with E-state index in [1.165, 1.54) is 24.3 Å². The lowest BCUT2D eigenvalue weighted by molar-refractivity contribution is -0.141.